The molecule has 2 heterocycles. The predicted octanol–water partition coefficient (Wildman–Crippen LogP) is 2.47. The van der Waals surface area contributed by atoms with Crippen molar-refractivity contribution in [1.82, 2.24) is 14.9 Å². The largest absolute Gasteiger partial charge is 0.480 e. The van der Waals surface area contributed by atoms with E-state index in [2.05, 4.69) is 30.8 Å². The fraction of sp³-hybridized carbons (Fsp3) is 0.688. The Hall–Kier alpha value is -1.37. The van der Waals surface area contributed by atoms with Crippen LogP contribution in [0.3, 0.4) is 0 Å². The van der Waals surface area contributed by atoms with Gasteiger partial charge in [0.25, 0.3) is 0 Å². The number of carbonyl (C=O) groups is 1. The topological polar surface area (TPSA) is 58.6 Å². The van der Waals surface area contributed by atoms with Gasteiger partial charge < -0.3 is 14.5 Å². The number of ether oxygens (including phenoxy) is 1. The number of carbonyl (C=O) groups excluding carboxylic acids is 1. The van der Waals surface area contributed by atoms with E-state index in [-0.39, 0.29) is 5.92 Å². The van der Waals surface area contributed by atoms with Crippen LogP contribution < -0.4 is 9.64 Å². The number of rotatable bonds is 4. The Morgan fingerprint density at radius 3 is 2.61 bits per heavy atom. The maximum absolute atomic E-state index is 12.4. The number of aromatic nitrogens is 2. The minimum atomic E-state index is 0.275. The van der Waals surface area contributed by atoms with Gasteiger partial charge in [0.05, 0.1) is 17.8 Å². The predicted molar refractivity (Wildman–Crippen MR) is 91.6 cm³/mol. The van der Waals surface area contributed by atoms with Crippen molar-refractivity contribution in [3.63, 3.8) is 0 Å². The Morgan fingerprint density at radius 1 is 1.35 bits per heavy atom. The van der Waals surface area contributed by atoms with Crippen molar-refractivity contribution in [2.75, 3.05) is 32.1 Å². The highest BCUT2D eigenvalue weighted by molar-refractivity contribution is 9.10. The fourth-order valence-corrected chi connectivity index (χ4v) is 3.57. The van der Waals surface area contributed by atoms with Crippen LogP contribution in [0.1, 0.15) is 32.1 Å². The number of nitrogens with zero attached hydrogens (tertiary/aromatic N) is 4. The molecule has 3 rings (SSSR count). The maximum atomic E-state index is 12.4. The van der Waals surface area contributed by atoms with Crippen LogP contribution in [0, 0.1) is 5.92 Å². The van der Waals surface area contributed by atoms with Gasteiger partial charge in [-0.15, -0.1) is 0 Å². The summed E-state index contributed by atoms with van der Waals surface area (Å²) in [5.74, 6) is 1.85. The molecule has 1 aromatic rings. The van der Waals surface area contributed by atoms with Gasteiger partial charge in [0, 0.05) is 32.1 Å². The van der Waals surface area contributed by atoms with E-state index < -0.39 is 0 Å². The first kappa shape index (κ1) is 16.5. The fourth-order valence-electron chi connectivity index (χ4n) is 3.21. The second-order valence-electron chi connectivity index (χ2n) is 6.32. The Labute approximate surface area is 145 Å². The molecule has 0 spiro atoms. The van der Waals surface area contributed by atoms with Gasteiger partial charge in [-0.05, 0) is 41.6 Å². The number of halogens is 1. The molecule has 7 heteroatoms. The Bertz CT molecular complexity index is 571. The van der Waals surface area contributed by atoms with Crippen molar-refractivity contribution >= 4 is 27.8 Å². The van der Waals surface area contributed by atoms with E-state index in [4.69, 9.17) is 4.74 Å². The standard InChI is InChI=1S/C16H23BrN4O2/c1-20(15(22)11-4-3-5-11)12-6-8-21(9-7-12)16-18-10-13(17)14(19-16)23-2/h10-12H,3-9H2,1-2H3. The van der Waals surface area contributed by atoms with E-state index in [1.807, 2.05) is 11.9 Å². The average molecular weight is 383 g/mol. The van der Waals surface area contributed by atoms with Gasteiger partial charge >= 0.3 is 0 Å². The lowest BCUT2D eigenvalue weighted by Crippen LogP contribution is -2.48. The maximum Gasteiger partial charge on any atom is 0.232 e. The summed E-state index contributed by atoms with van der Waals surface area (Å²) in [4.78, 5) is 25.3. The lowest BCUT2D eigenvalue weighted by atomic mass is 9.84. The number of amides is 1. The third-order valence-corrected chi connectivity index (χ3v) is 5.53. The smallest absolute Gasteiger partial charge is 0.232 e. The molecule has 0 aromatic carbocycles. The van der Waals surface area contributed by atoms with Gasteiger partial charge in [0.15, 0.2) is 0 Å². The van der Waals surface area contributed by atoms with Crippen molar-refractivity contribution < 1.29 is 9.53 Å². The van der Waals surface area contributed by atoms with Gasteiger partial charge in [0.1, 0.15) is 0 Å². The van der Waals surface area contributed by atoms with Crippen molar-refractivity contribution in [1.29, 1.82) is 0 Å². The molecular formula is C16H23BrN4O2. The molecular weight excluding hydrogens is 360 g/mol. The molecule has 1 aliphatic heterocycles. The summed E-state index contributed by atoms with van der Waals surface area (Å²) in [5.41, 5.74) is 0. The number of methoxy groups -OCH3 is 1. The van der Waals surface area contributed by atoms with Gasteiger partial charge in [-0.1, -0.05) is 6.42 Å². The quantitative estimate of drug-likeness (QED) is 0.800. The highest BCUT2D eigenvalue weighted by Gasteiger charge is 2.32. The van der Waals surface area contributed by atoms with Crippen LogP contribution in [0.15, 0.2) is 10.7 Å². The summed E-state index contributed by atoms with van der Waals surface area (Å²) in [6.45, 7) is 1.72. The highest BCUT2D eigenvalue weighted by atomic mass is 79.9. The average Bonchev–Trinajstić information content (AvgIpc) is 2.53. The normalized spacial score (nSPS) is 19.3. The zero-order valence-electron chi connectivity index (χ0n) is 13.7. The molecule has 1 amide bonds. The van der Waals surface area contributed by atoms with Gasteiger partial charge in [-0.25, -0.2) is 4.98 Å². The molecule has 0 radical (unpaired) electrons. The van der Waals surface area contributed by atoms with Crippen LogP contribution in [-0.4, -0.2) is 54.1 Å². The monoisotopic (exact) mass is 382 g/mol. The Morgan fingerprint density at radius 2 is 2.04 bits per heavy atom. The third-order valence-electron chi connectivity index (χ3n) is 4.99. The van der Waals surface area contributed by atoms with E-state index in [0.717, 1.165) is 43.2 Å². The van der Waals surface area contributed by atoms with Crippen molar-refractivity contribution in [2.45, 2.75) is 38.1 Å². The molecule has 1 saturated carbocycles. The summed E-state index contributed by atoms with van der Waals surface area (Å²) in [7, 11) is 3.56. The lowest BCUT2D eigenvalue weighted by Gasteiger charge is -2.39. The summed E-state index contributed by atoms with van der Waals surface area (Å²) < 4.78 is 5.99. The van der Waals surface area contributed by atoms with Crippen molar-refractivity contribution in [2.24, 2.45) is 5.92 Å². The molecule has 2 fully saturated rings. The van der Waals surface area contributed by atoms with Gasteiger partial charge in [-0.3, -0.25) is 4.79 Å². The van der Waals surface area contributed by atoms with Crippen LogP contribution >= 0.6 is 15.9 Å². The molecule has 1 aliphatic carbocycles. The van der Waals surface area contributed by atoms with E-state index >= 15 is 0 Å². The van der Waals surface area contributed by atoms with E-state index in [1.165, 1.54) is 6.42 Å². The molecule has 126 valence electrons. The second kappa shape index (κ2) is 7.03. The number of hydrogen-bond donors (Lipinski definition) is 0. The van der Waals surface area contributed by atoms with Crippen LogP contribution in [-0.2, 0) is 4.79 Å². The van der Waals surface area contributed by atoms with E-state index in [1.54, 1.807) is 13.3 Å². The number of anilines is 1. The summed E-state index contributed by atoms with van der Waals surface area (Å²) in [5, 5.41) is 0. The number of piperidine rings is 1. The van der Waals surface area contributed by atoms with Crippen LogP contribution in [0.5, 0.6) is 5.88 Å². The van der Waals surface area contributed by atoms with E-state index in [0.29, 0.717) is 23.8 Å². The molecule has 1 aromatic heterocycles. The van der Waals surface area contributed by atoms with Gasteiger partial charge in [0.2, 0.25) is 17.7 Å². The first-order valence-corrected chi connectivity index (χ1v) is 8.97. The Balaban J connectivity index is 1.58. The van der Waals surface area contributed by atoms with Crippen LogP contribution in [0.4, 0.5) is 5.95 Å². The molecule has 1 saturated heterocycles. The van der Waals surface area contributed by atoms with Crippen molar-refractivity contribution in [3.05, 3.63) is 10.7 Å². The van der Waals surface area contributed by atoms with Crippen LogP contribution in [0.25, 0.3) is 0 Å². The van der Waals surface area contributed by atoms with Gasteiger partial charge in [-0.2, -0.15) is 4.98 Å². The number of hydrogen-bond acceptors (Lipinski definition) is 5. The van der Waals surface area contributed by atoms with Crippen LogP contribution in [0.2, 0.25) is 0 Å². The molecule has 23 heavy (non-hydrogen) atoms. The zero-order valence-corrected chi connectivity index (χ0v) is 15.3. The Kier molecular flexibility index (Phi) is 5.04. The second-order valence-corrected chi connectivity index (χ2v) is 7.18. The minimum absolute atomic E-state index is 0.275. The minimum Gasteiger partial charge on any atom is -0.480 e. The lowest BCUT2D eigenvalue weighted by molar-refractivity contribution is -0.139. The summed E-state index contributed by atoms with van der Waals surface area (Å²) in [6.07, 6.45) is 6.96. The molecule has 2 aliphatic rings. The third kappa shape index (κ3) is 3.44. The van der Waals surface area contributed by atoms with E-state index in [9.17, 15) is 4.79 Å². The zero-order chi connectivity index (χ0) is 16.4. The highest BCUT2D eigenvalue weighted by Crippen LogP contribution is 2.30. The molecule has 0 bridgehead atoms. The first-order chi connectivity index (χ1) is 11.1. The molecule has 6 nitrogen and oxygen atoms in total. The van der Waals surface area contributed by atoms with Crippen molar-refractivity contribution in [3.8, 4) is 5.88 Å². The molecule has 0 N–H and O–H groups in total. The summed E-state index contributed by atoms with van der Waals surface area (Å²) in [6, 6.07) is 0.330. The first-order valence-electron chi connectivity index (χ1n) is 8.18. The SMILES string of the molecule is COc1nc(N2CCC(N(C)C(=O)C3CCC3)CC2)ncc1Br. The molecule has 0 atom stereocenters. The molecule has 0 unspecified atom stereocenters. The summed E-state index contributed by atoms with van der Waals surface area (Å²) >= 11 is 3.37.